The molecule has 0 fully saturated rings. The van der Waals surface area contributed by atoms with Crippen molar-refractivity contribution in [3.8, 4) is 0 Å². The van der Waals surface area contributed by atoms with Crippen LogP contribution in [0.2, 0.25) is 0 Å². The Kier molecular flexibility index (Phi) is 6.38. The number of halogens is 1. The molecule has 0 saturated carbocycles. The minimum absolute atomic E-state index is 0.0135. The average Bonchev–Trinajstić information content (AvgIpc) is 2.36. The molecule has 1 aromatic rings. The van der Waals surface area contributed by atoms with E-state index in [2.05, 4.69) is 18.6 Å². The molecule has 0 unspecified atom stereocenters. The zero-order valence-electron chi connectivity index (χ0n) is 11.7. The highest BCUT2D eigenvalue weighted by Crippen LogP contribution is 2.18. The van der Waals surface area contributed by atoms with Crippen molar-refractivity contribution in [2.24, 2.45) is 5.92 Å². The molecule has 3 N–H and O–H groups in total. The van der Waals surface area contributed by atoms with Gasteiger partial charge in [0.05, 0.1) is 12.3 Å². The number of hydrogen-bond acceptors (Lipinski definition) is 4. The summed E-state index contributed by atoms with van der Waals surface area (Å²) in [7, 11) is -3.81. The highest BCUT2D eigenvalue weighted by atomic mass is 32.2. The number of nitrogen functional groups attached to an aromatic ring is 1. The summed E-state index contributed by atoms with van der Waals surface area (Å²) < 4.78 is 44.6. The van der Waals surface area contributed by atoms with E-state index < -0.39 is 15.8 Å². The van der Waals surface area contributed by atoms with Crippen LogP contribution in [0.25, 0.3) is 0 Å². The number of anilines is 1. The van der Waals surface area contributed by atoms with Crippen molar-refractivity contribution >= 4 is 15.7 Å². The SMILES string of the molecule is CC(C)CCOCCNS(=O)(=O)c1cc(F)ccc1N. The van der Waals surface area contributed by atoms with Crippen LogP contribution in [0.1, 0.15) is 20.3 Å². The van der Waals surface area contributed by atoms with Gasteiger partial charge in [-0.25, -0.2) is 17.5 Å². The minimum Gasteiger partial charge on any atom is -0.398 e. The fourth-order valence-electron chi connectivity index (χ4n) is 1.49. The van der Waals surface area contributed by atoms with Crippen LogP contribution >= 0.6 is 0 Å². The zero-order valence-corrected chi connectivity index (χ0v) is 12.5. The van der Waals surface area contributed by atoms with E-state index in [-0.39, 0.29) is 23.7 Å². The monoisotopic (exact) mass is 304 g/mol. The molecule has 1 rings (SSSR count). The Morgan fingerprint density at radius 1 is 1.35 bits per heavy atom. The van der Waals surface area contributed by atoms with E-state index in [4.69, 9.17) is 10.5 Å². The third-order valence-corrected chi connectivity index (χ3v) is 4.16. The lowest BCUT2D eigenvalue weighted by atomic mass is 10.1. The summed E-state index contributed by atoms with van der Waals surface area (Å²) in [5.74, 6) is -0.105. The van der Waals surface area contributed by atoms with Gasteiger partial charge in [-0.2, -0.15) is 0 Å². The first-order valence-corrected chi connectivity index (χ1v) is 7.93. The summed E-state index contributed by atoms with van der Waals surface area (Å²) in [5.41, 5.74) is 5.56. The Hall–Kier alpha value is -1.18. The first-order valence-electron chi connectivity index (χ1n) is 6.45. The number of benzene rings is 1. The van der Waals surface area contributed by atoms with Crippen LogP contribution < -0.4 is 10.5 Å². The molecular weight excluding hydrogens is 283 g/mol. The lowest BCUT2D eigenvalue weighted by molar-refractivity contribution is 0.128. The molecule has 0 aliphatic carbocycles. The van der Waals surface area contributed by atoms with Gasteiger partial charge in [-0.05, 0) is 30.5 Å². The van der Waals surface area contributed by atoms with Crippen LogP contribution in [0, 0.1) is 11.7 Å². The average molecular weight is 304 g/mol. The van der Waals surface area contributed by atoms with Gasteiger partial charge in [0.1, 0.15) is 10.7 Å². The minimum atomic E-state index is -3.81. The molecule has 114 valence electrons. The van der Waals surface area contributed by atoms with Gasteiger partial charge in [-0.1, -0.05) is 13.8 Å². The lowest BCUT2D eigenvalue weighted by Crippen LogP contribution is -2.28. The van der Waals surface area contributed by atoms with Crippen molar-refractivity contribution in [1.82, 2.24) is 4.72 Å². The van der Waals surface area contributed by atoms with Crippen LogP contribution in [0.4, 0.5) is 10.1 Å². The zero-order chi connectivity index (χ0) is 15.2. The molecule has 1 aromatic carbocycles. The molecule has 0 radical (unpaired) electrons. The van der Waals surface area contributed by atoms with E-state index >= 15 is 0 Å². The number of rotatable bonds is 8. The molecule has 0 heterocycles. The fraction of sp³-hybridized carbons (Fsp3) is 0.538. The molecular formula is C13H21FN2O3S. The highest BCUT2D eigenvalue weighted by molar-refractivity contribution is 7.89. The molecule has 0 spiro atoms. The third kappa shape index (κ3) is 5.44. The maximum absolute atomic E-state index is 13.1. The molecule has 0 aliphatic rings. The van der Waals surface area contributed by atoms with Crippen LogP contribution in [0.15, 0.2) is 23.1 Å². The number of nitrogens with one attached hydrogen (secondary N) is 1. The molecule has 5 nitrogen and oxygen atoms in total. The Morgan fingerprint density at radius 2 is 2.05 bits per heavy atom. The second-order valence-corrected chi connectivity index (χ2v) is 6.61. The lowest BCUT2D eigenvalue weighted by Gasteiger charge is -2.10. The van der Waals surface area contributed by atoms with E-state index in [1.807, 2.05) is 0 Å². The van der Waals surface area contributed by atoms with Crippen molar-refractivity contribution in [3.05, 3.63) is 24.0 Å². The number of ether oxygens (including phenoxy) is 1. The molecule has 0 atom stereocenters. The van der Waals surface area contributed by atoms with E-state index in [1.165, 1.54) is 6.07 Å². The normalized spacial score (nSPS) is 12.0. The van der Waals surface area contributed by atoms with Crippen molar-refractivity contribution < 1.29 is 17.5 Å². The molecule has 0 bridgehead atoms. The predicted molar refractivity (Wildman–Crippen MR) is 76.3 cm³/mol. The summed E-state index contributed by atoms with van der Waals surface area (Å²) in [6, 6.07) is 3.24. The summed E-state index contributed by atoms with van der Waals surface area (Å²) >= 11 is 0. The molecule has 0 saturated heterocycles. The van der Waals surface area contributed by atoms with E-state index in [0.29, 0.717) is 12.5 Å². The van der Waals surface area contributed by atoms with Crippen molar-refractivity contribution in [2.45, 2.75) is 25.2 Å². The summed E-state index contributed by atoms with van der Waals surface area (Å²) in [4.78, 5) is -0.250. The van der Waals surface area contributed by atoms with Gasteiger partial charge < -0.3 is 10.5 Å². The maximum atomic E-state index is 13.1. The Balaban J connectivity index is 2.48. The Bertz CT molecular complexity index is 532. The first kappa shape index (κ1) is 16.9. The molecule has 0 aromatic heterocycles. The van der Waals surface area contributed by atoms with Crippen molar-refractivity contribution in [1.29, 1.82) is 0 Å². The Labute approximate surface area is 119 Å². The largest absolute Gasteiger partial charge is 0.398 e. The summed E-state index contributed by atoms with van der Waals surface area (Å²) in [5, 5.41) is 0. The second-order valence-electron chi connectivity index (χ2n) is 4.87. The van der Waals surface area contributed by atoms with Gasteiger partial charge in [0, 0.05) is 13.2 Å². The first-order chi connectivity index (χ1) is 9.33. The van der Waals surface area contributed by atoms with Gasteiger partial charge in [0.25, 0.3) is 0 Å². The number of nitrogens with two attached hydrogens (primary N) is 1. The van der Waals surface area contributed by atoms with Gasteiger partial charge >= 0.3 is 0 Å². The van der Waals surface area contributed by atoms with Gasteiger partial charge in [0.2, 0.25) is 10.0 Å². The molecule has 7 heteroatoms. The molecule has 0 amide bonds. The highest BCUT2D eigenvalue weighted by Gasteiger charge is 2.17. The van der Waals surface area contributed by atoms with Gasteiger partial charge in [-0.3, -0.25) is 0 Å². The van der Waals surface area contributed by atoms with Crippen molar-refractivity contribution in [3.63, 3.8) is 0 Å². The van der Waals surface area contributed by atoms with Crippen LogP contribution in [0.3, 0.4) is 0 Å². The summed E-state index contributed by atoms with van der Waals surface area (Å²) in [6.45, 7) is 5.14. The van der Waals surface area contributed by atoms with Gasteiger partial charge in [-0.15, -0.1) is 0 Å². The molecule has 0 aliphatic heterocycles. The number of hydrogen-bond donors (Lipinski definition) is 2. The van der Waals surface area contributed by atoms with Gasteiger partial charge in [0.15, 0.2) is 0 Å². The summed E-state index contributed by atoms with van der Waals surface area (Å²) in [6.07, 6.45) is 0.920. The third-order valence-electron chi connectivity index (χ3n) is 2.64. The molecule has 20 heavy (non-hydrogen) atoms. The van der Waals surface area contributed by atoms with Crippen LogP contribution in [-0.4, -0.2) is 28.2 Å². The van der Waals surface area contributed by atoms with Crippen LogP contribution in [0.5, 0.6) is 0 Å². The second kappa shape index (κ2) is 7.56. The smallest absolute Gasteiger partial charge is 0.242 e. The van der Waals surface area contributed by atoms with E-state index in [1.54, 1.807) is 0 Å². The fourth-order valence-corrected chi connectivity index (χ4v) is 2.64. The van der Waals surface area contributed by atoms with Crippen molar-refractivity contribution in [2.75, 3.05) is 25.5 Å². The van der Waals surface area contributed by atoms with E-state index in [9.17, 15) is 12.8 Å². The topological polar surface area (TPSA) is 81.4 Å². The van der Waals surface area contributed by atoms with E-state index in [0.717, 1.165) is 18.6 Å². The van der Waals surface area contributed by atoms with Crippen LogP contribution in [-0.2, 0) is 14.8 Å². The maximum Gasteiger partial charge on any atom is 0.242 e. The number of sulfonamides is 1. The quantitative estimate of drug-likeness (QED) is 0.566. The predicted octanol–water partition coefficient (Wildman–Crippen LogP) is 1.75. The standard InChI is InChI=1S/C13H21FN2O3S/c1-10(2)5-7-19-8-6-16-20(17,18)13-9-11(14)3-4-12(13)15/h3-4,9-10,16H,5-8,15H2,1-2H3. The Morgan fingerprint density at radius 3 is 2.70 bits per heavy atom.